The Bertz CT molecular complexity index is 2890. The molecule has 0 aliphatic rings. The summed E-state index contributed by atoms with van der Waals surface area (Å²) < 4.78 is 6.17. The molecule has 1 heteroatoms. The molecule has 0 amide bonds. The first kappa shape index (κ1) is 31.7. The summed E-state index contributed by atoms with van der Waals surface area (Å²) in [6, 6.07) is 76.8. The Kier molecular flexibility index (Phi) is 7.96. The highest BCUT2D eigenvalue weighted by atomic mass is 16.3. The number of para-hydroxylation sites is 1. The summed E-state index contributed by atoms with van der Waals surface area (Å²) in [5.41, 5.74) is 15.3. The molecule has 0 saturated carbocycles. The molecule has 254 valence electrons. The lowest BCUT2D eigenvalue weighted by Gasteiger charge is -2.22. The fourth-order valence-corrected chi connectivity index (χ4v) is 8.06. The smallest absolute Gasteiger partial charge is 0.136 e. The van der Waals surface area contributed by atoms with Crippen molar-refractivity contribution < 1.29 is 4.42 Å². The molecule has 1 aromatic heterocycles. The number of furan rings is 1. The Hall–Kier alpha value is -6.96. The molecule has 0 bridgehead atoms. The van der Waals surface area contributed by atoms with Crippen molar-refractivity contribution in [3.63, 3.8) is 0 Å². The van der Waals surface area contributed by atoms with Crippen LogP contribution < -0.4 is 0 Å². The summed E-state index contributed by atoms with van der Waals surface area (Å²) in [6.45, 7) is 0. The summed E-state index contributed by atoms with van der Waals surface area (Å²) in [7, 11) is 0. The first-order valence-electron chi connectivity index (χ1n) is 18.6. The molecule has 0 spiro atoms. The topological polar surface area (TPSA) is 13.1 Å². The van der Waals surface area contributed by atoms with Gasteiger partial charge in [0.05, 0.1) is 0 Å². The Morgan fingerprint density at radius 2 is 0.722 bits per heavy atom. The first-order chi connectivity index (χ1) is 26.7. The van der Waals surface area contributed by atoms with Crippen LogP contribution in [-0.4, -0.2) is 0 Å². The lowest BCUT2D eigenvalue weighted by atomic mass is 9.82. The van der Waals surface area contributed by atoms with E-state index in [9.17, 15) is 0 Å². The van der Waals surface area contributed by atoms with Crippen molar-refractivity contribution in [1.82, 2.24) is 0 Å². The van der Waals surface area contributed by atoms with Crippen LogP contribution in [0.1, 0.15) is 22.6 Å². The molecular formula is C53H36O. The second kappa shape index (κ2) is 13.5. The average molecular weight is 689 g/mol. The minimum Gasteiger partial charge on any atom is -0.456 e. The Morgan fingerprint density at radius 1 is 0.278 bits per heavy atom. The van der Waals surface area contributed by atoms with Crippen molar-refractivity contribution >= 4 is 32.7 Å². The largest absolute Gasteiger partial charge is 0.456 e. The molecule has 0 radical (unpaired) electrons. The molecule has 0 fully saturated rings. The lowest BCUT2D eigenvalue weighted by Crippen LogP contribution is -2.04. The molecule has 54 heavy (non-hydrogen) atoms. The van der Waals surface area contributed by atoms with E-state index in [-0.39, 0.29) is 5.92 Å². The number of rotatable bonds is 7. The summed E-state index contributed by atoms with van der Waals surface area (Å²) in [5, 5.41) is 4.84. The third kappa shape index (κ3) is 5.87. The maximum atomic E-state index is 6.17. The highest BCUT2D eigenvalue weighted by molar-refractivity contribution is 6.05. The van der Waals surface area contributed by atoms with Gasteiger partial charge in [-0.05, 0) is 96.2 Å². The van der Waals surface area contributed by atoms with Gasteiger partial charge in [-0.2, -0.15) is 0 Å². The van der Waals surface area contributed by atoms with Gasteiger partial charge in [0.2, 0.25) is 0 Å². The van der Waals surface area contributed by atoms with Crippen molar-refractivity contribution in [2.75, 3.05) is 0 Å². The van der Waals surface area contributed by atoms with E-state index in [0.717, 1.165) is 27.5 Å². The van der Waals surface area contributed by atoms with Gasteiger partial charge in [0.25, 0.3) is 0 Å². The molecule has 9 aromatic carbocycles. The van der Waals surface area contributed by atoms with Crippen LogP contribution in [-0.2, 0) is 0 Å². The van der Waals surface area contributed by atoms with Crippen LogP contribution in [0.2, 0.25) is 0 Å². The highest BCUT2D eigenvalue weighted by Gasteiger charge is 2.20. The molecule has 1 atom stereocenters. The van der Waals surface area contributed by atoms with Crippen LogP contribution in [0.4, 0.5) is 0 Å². The molecule has 0 aliphatic heterocycles. The summed E-state index contributed by atoms with van der Waals surface area (Å²) >= 11 is 0. The van der Waals surface area contributed by atoms with Gasteiger partial charge in [-0.25, -0.2) is 0 Å². The zero-order valence-corrected chi connectivity index (χ0v) is 29.7. The van der Waals surface area contributed by atoms with Gasteiger partial charge in [0.1, 0.15) is 11.2 Å². The van der Waals surface area contributed by atoms with Gasteiger partial charge < -0.3 is 4.42 Å². The molecule has 0 N–H and O–H groups in total. The number of fused-ring (bicyclic) bond motifs is 4. The van der Waals surface area contributed by atoms with Gasteiger partial charge >= 0.3 is 0 Å². The monoisotopic (exact) mass is 688 g/mol. The van der Waals surface area contributed by atoms with E-state index in [1.165, 1.54) is 66.4 Å². The van der Waals surface area contributed by atoms with Gasteiger partial charge in [0.15, 0.2) is 0 Å². The SMILES string of the molecule is c1ccc(-c2cccc(-c3ccc(C(c4ccc(-c5ccc(-c6ccc7c(c6)oc6ccccc67)cc5)cc4)c4cccc5ccccc45)cc3)c2)cc1. The van der Waals surface area contributed by atoms with Crippen molar-refractivity contribution in [2.24, 2.45) is 0 Å². The van der Waals surface area contributed by atoms with E-state index >= 15 is 0 Å². The third-order valence-corrected chi connectivity index (χ3v) is 10.9. The van der Waals surface area contributed by atoms with E-state index in [0.29, 0.717) is 0 Å². The fraction of sp³-hybridized carbons (Fsp3) is 0.0189. The standard InChI is InChI=1S/C53H36O/c1-2-10-36(11-3-1)44-14-8-15-45(34-44)39-26-30-43(31-27-39)53(50-18-9-13-41-12-4-5-16-47(41)50)42-28-24-38(25-29-42)37-20-22-40(23-21-37)46-32-33-49-48-17-6-7-19-51(48)54-52(49)35-46/h1-35,53H. The molecule has 1 unspecified atom stereocenters. The van der Waals surface area contributed by atoms with Crippen molar-refractivity contribution in [3.8, 4) is 44.5 Å². The quantitative estimate of drug-likeness (QED) is 0.152. The number of hydrogen-bond acceptors (Lipinski definition) is 1. The van der Waals surface area contributed by atoms with Gasteiger partial charge in [-0.15, -0.1) is 0 Å². The highest BCUT2D eigenvalue weighted by Crippen LogP contribution is 2.39. The van der Waals surface area contributed by atoms with Crippen LogP contribution in [0.25, 0.3) is 77.2 Å². The first-order valence-corrected chi connectivity index (χ1v) is 18.6. The predicted molar refractivity (Wildman–Crippen MR) is 227 cm³/mol. The fourth-order valence-electron chi connectivity index (χ4n) is 8.06. The zero-order chi connectivity index (χ0) is 35.8. The third-order valence-electron chi connectivity index (χ3n) is 10.9. The van der Waals surface area contributed by atoms with E-state index in [1.54, 1.807) is 0 Å². The van der Waals surface area contributed by atoms with E-state index in [4.69, 9.17) is 4.42 Å². The zero-order valence-electron chi connectivity index (χ0n) is 29.7. The van der Waals surface area contributed by atoms with Crippen LogP contribution in [0.5, 0.6) is 0 Å². The molecule has 0 saturated heterocycles. The Labute approximate surface area is 315 Å². The summed E-state index contributed by atoms with van der Waals surface area (Å²) in [6.07, 6.45) is 0. The van der Waals surface area contributed by atoms with Crippen LogP contribution >= 0.6 is 0 Å². The number of hydrogen-bond donors (Lipinski definition) is 0. The second-order valence-corrected chi connectivity index (χ2v) is 14.1. The van der Waals surface area contributed by atoms with Crippen LogP contribution in [0, 0.1) is 0 Å². The van der Waals surface area contributed by atoms with Crippen LogP contribution in [0.3, 0.4) is 0 Å². The molecule has 0 aliphatic carbocycles. The molecule has 10 aromatic rings. The van der Waals surface area contributed by atoms with Gasteiger partial charge in [-0.1, -0.05) is 188 Å². The lowest BCUT2D eigenvalue weighted by molar-refractivity contribution is 0.669. The minimum atomic E-state index is 0.0744. The summed E-state index contributed by atoms with van der Waals surface area (Å²) in [5.74, 6) is 0.0744. The minimum absolute atomic E-state index is 0.0744. The molecule has 10 rings (SSSR count). The maximum Gasteiger partial charge on any atom is 0.136 e. The average Bonchev–Trinajstić information content (AvgIpc) is 3.63. The van der Waals surface area contributed by atoms with Gasteiger partial charge in [-0.3, -0.25) is 0 Å². The molecular weight excluding hydrogens is 653 g/mol. The molecule has 1 nitrogen and oxygen atoms in total. The second-order valence-electron chi connectivity index (χ2n) is 14.1. The van der Waals surface area contributed by atoms with Crippen molar-refractivity contribution in [3.05, 3.63) is 229 Å². The number of benzene rings is 9. The summed E-state index contributed by atoms with van der Waals surface area (Å²) in [4.78, 5) is 0. The van der Waals surface area contributed by atoms with Gasteiger partial charge in [0, 0.05) is 16.7 Å². The molecule has 1 heterocycles. The maximum absolute atomic E-state index is 6.17. The Morgan fingerprint density at radius 3 is 1.41 bits per heavy atom. The van der Waals surface area contributed by atoms with E-state index < -0.39 is 0 Å². The normalized spacial score (nSPS) is 12.0. The van der Waals surface area contributed by atoms with E-state index in [2.05, 4.69) is 200 Å². The van der Waals surface area contributed by atoms with E-state index in [1.807, 2.05) is 12.1 Å². The predicted octanol–water partition coefficient (Wildman–Crippen LogP) is 14.6. The Balaban J connectivity index is 0.973. The van der Waals surface area contributed by atoms with Crippen LogP contribution in [0.15, 0.2) is 217 Å². The van der Waals surface area contributed by atoms with Crippen molar-refractivity contribution in [1.29, 1.82) is 0 Å². The van der Waals surface area contributed by atoms with Crippen molar-refractivity contribution in [2.45, 2.75) is 5.92 Å².